The minimum atomic E-state index is 0. The maximum atomic E-state index is 10.9. The first-order valence-electron chi connectivity index (χ1n) is 3.98. The molecule has 1 radical (unpaired) electrons. The first kappa shape index (κ1) is 19.5. The summed E-state index contributed by atoms with van der Waals surface area (Å²) in [4.78, 5) is 12.6. The van der Waals surface area contributed by atoms with E-state index in [0.29, 0.717) is 0 Å². The van der Waals surface area contributed by atoms with Gasteiger partial charge in [0, 0.05) is 31.1 Å². The van der Waals surface area contributed by atoms with Gasteiger partial charge in [-0.2, -0.15) is 20.3 Å². The van der Waals surface area contributed by atoms with Gasteiger partial charge in [-0.3, -0.25) is 0 Å². The third kappa shape index (κ3) is 8.00. The largest absolute Gasteiger partial charge is 2.00 e. The van der Waals surface area contributed by atoms with Gasteiger partial charge in [-0.05, 0) is 6.54 Å². The van der Waals surface area contributed by atoms with E-state index < -0.39 is 0 Å². The molecule has 0 aliphatic carbocycles. The number of hydrogen-bond donors (Lipinski definition) is 0. The van der Waals surface area contributed by atoms with Crippen LogP contribution in [-0.2, 0) is 23.4 Å². The average molecular weight is 443 g/mol. The molecule has 4 heteroatoms. The number of hydrogen-bond acceptors (Lipinski definition) is 1. The number of amides is 1. The van der Waals surface area contributed by atoms with E-state index in [1.807, 2.05) is 6.54 Å². The van der Waals surface area contributed by atoms with Crippen molar-refractivity contribution >= 4 is 5.91 Å². The Balaban J connectivity index is -0.000000234. The van der Waals surface area contributed by atoms with E-state index in [2.05, 4.69) is 6.92 Å². The van der Waals surface area contributed by atoms with Crippen LogP contribution < -0.4 is 0 Å². The Morgan fingerprint density at radius 2 is 2.08 bits per heavy atom. The number of nitrogens with zero attached hydrogens (tertiary/aromatic N) is 1. The summed E-state index contributed by atoms with van der Waals surface area (Å²) in [6.45, 7) is 9.64. The van der Waals surface area contributed by atoms with E-state index in [-0.39, 0.29) is 55.6 Å². The molecule has 0 unspecified atom stereocenters. The third-order valence-corrected chi connectivity index (χ3v) is 1.48. The van der Waals surface area contributed by atoms with Gasteiger partial charge in [0.15, 0.2) is 0 Å². The van der Waals surface area contributed by atoms with Crippen LogP contribution in [0.15, 0.2) is 0 Å². The molecule has 0 aromatic rings. The van der Waals surface area contributed by atoms with E-state index in [0.717, 1.165) is 19.4 Å². The molecule has 0 saturated carbocycles. The fourth-order valence-electron chi connectivity index (χ4n) is 0.966. The second kappa shape index (κ2) is 13.0. The van der Waals surface area contributed by atoms with Crippen LogP contribution in [0.2, 0.25) is 0 Å². The van der Waals surface area contributed by atoms with Gasteiger partial charge in [0.1, 0.15) is 0 Å². The number of rotatable bonds is 1. The molecular formula is C9H16NOUV-. The molecule has 1 aliphatic heterocycles. The van der Waals surface area contributed by atoms with Crippen molar-refractivity contribution in [3.05, 3.63) is 19.9 Å². The minimum Gasteiger partial charge on any atom is -0.518 e. The van der Waals surface area contributed by atoms with Crippen molar-refractivity contribution in [2.45, 2.75) is 26.7 Å². The smallest absolute Gasteiger partial charge is 0.518 e. The molecule has 73 valence electrons. The average Bonchev–Trinajstić information content (AvgIpc) is 2.59. The summed E-state index contributed by atoms with van der Waals surface area (Å²) in [6.07, 6.45) is 3.78. The molecule has 1 fully saturated rings. The molecule has 0 aromatic heterocycles. The first-order valence-corrected chi connectivity index (χ1v) is 3.98. The van der Waals surface area contributed by atoms with Crippen molar-refractivity contribution in [2.24, 2.45) is 0 Å². The Kier molecular flexibility index (Phi) is 19.5. The summed E-state index contributed by atoms with van der Waals surface area (Å²) in [5.41, 5.74) is 0. The van der Waals surface area contributed by atoms with E-state index in [1.165, 1.54) is 0 Å². The molecule has 1 rings (SSSR count). The summed E-state index contributed by atoms with van der Waals surface area (Å²) in [7, 11) is 0. The molecule has 1 saturated heterocycles. The first-order chi connectivity index (χ1) is 5.34. The number of carbonyl (C=O) groups is 1. The Morgan fingerprint density at radius 1 is 1.54 bits per heavy atom. The predicted molar refractivity (Wildman–Crippen MR) is 46.3 cm³/mol. The van der Waals surface area contributed by atoms with Gasteiger partial charge < -0.3 is 23.0 Å². The fraction of sp³-hybridized carbons (Fsp3) is 0.556. The Hall–Kier alpha value is 0.976. The van der Waals surface area contributed by atoms with Crippen LogP contribution in [0.5, 0.6) is 0 Å². The molecular weight excluding hydrogens is 427 g/mol. The molecule has 2 nitrogen and oxygen atoms in total. The van der Waals surface area contributed by atoms with Crippen molar-refractivity contribution in [2.75, 3.05) is 6.54 Å². The Labute approximate surface area is 117 Å². The van der Waals surface area contributed by atoms with E-state index >= 15 is 0 Å². The standard InChI is InChI=1S/C7H11NO.C2H5.U.V/c1-2-7(9)8-5-3-4-6-8;1-2;;/h2,5H,3-4,6H2,1H3;1H2,2H3;;/q-2;-1;;+2. The third-order valence-electron chi connectivity index (χ3n) is 1.48. The summed E-state index contributed by atoms with van der Waals surface area (Å²) in [6, 6.07) is 0. The summed E-state index contributed by atoms with van der Waals surface area (Å²) in [5, 5.41) is 0. The van der Waals surface area contributed by atoms with Crippen molar-refractivity contribution in [3.8, 4) is 0 Å². The Bertz CT molecular complexity index is 116. The van der Waals surface area contributed by atoms with Gasteiger partial charge in [0.05, 0.1) is 5.91 Å². The molecule has 0 N–H and O–H groups in total. The quantitative estimate of drug-likeness (QED) is 0.567. The molecule has 1 heterocycles. The van der Waals surface area contributed by atoms with Gasteiger partial charge in [0.25, 0.3) is 0 Å². The molecule has 1 aliphatic rings. The minimum absolute atomic E-state index is 0. The fourth-order valence-corrected chi connectivity index (χ4v) is 0.966. The van der Waals surface area contributed by atoms with E-state index in [9.17, 15) is 4.79 Å². The van der Waals surface area contributed by atoms with Crippen LogP contribution in [0.4, 0.5) is 0 Å². The van der Waals surface area contributed by atoms with E-state index in [1.54, 1.807) is 25.2 Å². The number of likely N-dealkylation sites (tertiary alicyclic amines) is 1. The molecule has 0 spiro atoms. The topological polar surface area (TPSA) is 20.3 Å². The van der Waals surface area contributed by atoms with Crippen molar-refractivity contribution in [1.82, 2.24) is 4.90 Å². The Morgan fingerprint density at radius 3 is 2.38 bits per heavy atom. The van der Waals surface area contributed by atoms with Crippen LogP contribution in [0, 0.1) is 51.0 Å². The van der Waals surface area contributed by atoms with Gasteiger partial charge in [-0.25, -0.2) is 6.54 Å². The van der Waals surface area contributed by atoms with Crippen molar-refractivity contribution in [3.63, 3.8) is 0 Å². The van der Waals surface area contributed by atoms with E-state index in [4.69, 9.17) is 0 Å². The van der Waals surface area contributed by atoms with Crippen LogP contribution in [-0.4, -0.2) is 17.4 Å². The zero-order chi connectivity index (χ0) is 8.69. The van der Waals surface area contributed by atoms with Crippen molar-refractivity contribution < 1.29 is 54.5 Å². The predicted octanol–water partition coefficient (Wildman–Crippen LogP) is 1.83. The van der Waals surface area contributed by atoms with Crippen LogP contribution >= 0.6 is 0 Å². The van der Waals surface area contributed by atoms with Crippen LogP contribution in [0.3, 0.4) is 0 Å². The monoisotopic (exact) mass is 443 g/mol. The van der Waals surface area contributed by atoms with Gasteiger partial charge in [-0.15, -0.1) is 0 Å². The van der Waals surface area contributed by atoms with Gasteiger partial charge >= 0.3 is 18.6 Å². The summed E-state index contributed by atoms with van der Waals surface area (Å²) < 4.78 is 0. The zero-order valence-electron chi connectivity index (χ0n) is 8.29. The van der Waals surface area contributed by atoms with Gasteiger partial charge in [0.2, 0.25) is 0 Å². The molecule has 0 aromatic carbocycles. The van der Waals surface area contributed by atoms with Crippen LogP contribution in [0.25, 0.3) is 0 Å². The second-order valence-corrected chi connectivity index (χ2v) is 2.15. The molecule has 0 atom stereocenters. The molecule has 13 heavy (non-hydrogen) atoms. The summed E-state index contributed by atoms with van der Waals surface area (Å²) in [5.74, 6) is 0.132. The van der Waals surface area contributed by atoms with Crippen molar-refractivity contribution in [1.29, 1.82) is 0 Å². The molecule has 1 amide bonds. The van der Waals surface area contributed by atoms with Gasteiger partial charge in [-0.1, -0.05) is 6.42 Å². The summed E-state index contributed by atoms with van der Waals surface area (Å²) >= 11 is 0. The second-order valence-electron chi connectivity index (χ2n) is 2.15. The normalized spacial score (nSPS) is 13.0. The maximum absolute atomic E-state index is 10.9. The number of carbonyl (C=O) groups excluding carboxylic acids is 1. The SMILES string of the molecule is C[CH-]C(=O)N1[CH-]CCC1.[CH2-]C.[U].[V+2]. The molecule has 0 bridgehead atoms. The maximum Gasteiger partial charge on any atom is 2.00 e. The zero-order valence-corrected chi connectivity index (χ0v) is 13.8. The van der Waals surface area contributed by atoms with Crippen LogP contribution in [0.1, 0.15) is 26.7 Å².